The molecule has 2 atom stereocenters. The summed E-state index contributed by atoms with van der Waals surface area (Å²) in [5, 5.41) is 0. The van der Waals surface area contributed by atoms with Crippen molar-refractivity contribution in [2.45, 2.75) is 90.4 Å². The summed E-state index contributed by atoms with van der Waals surface area (Å²) in [6, 6.07) is -0.496. The summed E-state index contributed by atoms with van der Waals surface area (Å²) in [5.74, 6) is 0.218. The van der Waals surface area contributed by atoms with Gasteiger partial charge in [-0.15, -0.1) is 0 Å². The van der Waals surface area contributed by atoms with E-state index in [0.29, 0.717) is 18.9 Å². The van der Waals surface area contributed by atoms with Crippen molar-refractivity contribution in [1.29, 1.82) is 0 Å². The molecule has 1 heterocycles. The van der Waals surface area contributed by atoms with Gasteiger partial charge in [0.05, 0.1) is 0 Å². The summed E-state index contributed by atoms with van der Waals surface area (Å²) in [7, 11) is 0. The van der Waals surface area contributed by atoms with E-state index in [1.54, 1.807) is 4.90 Å². The molecule has 23 heavy (non-hydrogen) atoms. The minimum Gasteiger partial charge on any atom is -0.461 e. The highest BCUT2D eigenvalue weighted by atomic mass is 16.6. The number of rotatable bonds is 3. The molecule has 1 saturated carbocycles. The summed E-state index contributed by atoms with van der Waals surface area (Å²) in [6.45, 7) is 8.23. The number of likely N-dealkylation sites (tertiary alicyclic amines) is 1. The van der Waals surface area contributed by atoms with Gasteiger partial charge < -0.3 is 9.47 Å². The topological polar surface area (TPSA) is 55.8 Å². The minimum absolute atomic E-state index is 0.0324. The fourth-order valence-corrected chi connectivity index (χ4v) is 3.42. The Balaban J connectivity index is 2.04. The molecule has 0 bridgehead atoms. The van der Waals surface area contributed by atoms with E-state index in [1.807, 2.05) is 20.8 Å². The quantitative estimate of drug-likeness (QED) is 0.739. The van der Waals surface area contributed by atoms with Crippen LogP contribution >= 0.6 is 0 Å². The maximum Gasteiger partial charge on any atom is 0.411 e. The predicted molar refractivity (Wildman–Crippen MR) is 88.1 cm³/mol. The fourth-order valence-electron chi connectivity index (χ4n) is 3.42. The lowest BCUT2D eigenvalue weighted by Crippen LogP contribution is -2.52. The number of hydrogen-bond donors (Lipinski definition) is 0. The summed E-state index contributed by atoms with van der Waals surface area (Å²) in [5.41, 5.74) is -0.557. The van der Waals surface area contributed by atoms with Crippen molar-refractivity contribution in [3.8, 4) is 0 Å². The molecular weight excluding hydrogens is 294 g/mol. The zero-order valence-electron chi connectivity index (χ0n) is 15.0. The minimum atomic E-state index is -0.557. The second kappa shape index (κ2) is 7.54. The third-order valence-electron chi connectivity index (χ3n) is 4.77. The Bertz CT molecular complexity index is 423. The molecule has 1 amide bonds. The number of nitrogens with zero attached hydrogens (tertiary/aromatic N) is 1. The zero-order chi connectivity index (χ0) is 17.0. The molecule has 1 aliphatic carbocycles. The normalized spacial score (nSPS) is 26.2. The highest BCUT2D eigenvalue weighted by molar-refractivity contribution is 5.82. The molecule has 1 saturated heterocycles. The lowest BCUT2D eigenvalue weighted by molar-refractivity contribution is -0.157. The molecule has 5 heteroatoms. The van der Waals surface area contributed by atoms with Gasteiger partial charge in [0.25, 0.3) is 0 Å². The van der Waals surface area contributed by atoms with Crippen LogP contribution in [0.1, 0.15) is 72.6 Å². The van der Waals surface area contributed by atoms with E-state index in [1.165, 1.54) is 0 Å². The van der Waals surface area contributed by atoms with Gasteiger partial charge in [-0.3, -0.25) is 4.90 Å². The van der Waals surface area contributed by atoms with Gasteiger partial charge in [0.2, 0.25) is 0 Å². The maximum absolute atomic E-state index is 12.6. The van der Waals surface area contributed by atoms with Crippen molar-refractivity contribution >= 4 is 12.1 Å². The van der Waals surface area contributed by atoms with Crippen LogP contribution in [-0.2, 0) is 14.3 Å². The van der Waals surface area contributed by atoms with Crippen LogP contribution in [0.3, 0.4) is 0 Å². The van der Waals surface area contributed by atoms with Gasteiger partial charge in [0.15, 0.2) is 0 Å². The van der Waals surface area contributed by atoms with Crippen LogP contribution in [0.25, 0.3) is 0 Å². The van der Waals surface area contributed by atoms with Crippen LogP contribution in [0.15, 0.2) is 0 Å². The molecule has 5 nitrogen and oxygen atoms in total. The van der Waals surface area contributed by atoms with Crippen LogP contribution in [0.5, 0.6) is 0 Å². The van der Waals surface area contributed by atoms with Gasteiger partial charge in [0.1, 0.15) is 17.7 Å². The Morgan fingerprint density at radius 2 is 1.78 bits per heavy atom. The van der Waals surface area contributed by atoms with Crippen molar-refractivity contribution in [1.82, 2.24) is 4.90 Å². The first-order valence-electron chi connectivity index (χ1n) is 9.00. The van der Waals surface area contributed by atoms with E-state index in [4.69, 9.17) is 9.47 Å². The second-order valence-corrected chi connectivity index (χ2v) is 7.83. The number of esters is 1. The fraction of sp³-hybridized carbons (Fsp3) is 0.889. The third kappa shape index (κ3) is 5.11. The molecular formula is C18H31NO4. The van der Waals surface area contributed by atoms with Crippen molar-refractivity contribution < 1.29 is 19.1 Å². The molecule has 0 spiro atoms. The van der Waals surface area contributed by atoms with Gasteiger partial charge >= 0.3 is 12.1 Å². The number of carbonyl (C=O) groups excluding carboxylic acids is 2. The Morgan fingerprint density at radius 3 is 2.35 bits per heavy atom. The molecule has 2 fully saturated rings. The van der Waals surface area contributed by atoms with E-state index in [2.05, 4.69) is 6.92 Å². The Morgan fingerprint density at radius 1 is 1.13 bits per heavy atom. The van der Waals surface area contributed by atoms with Gasteiger partial charge in [-0.25, -0.2) is 9.59 Å². The molecule has 0 aromatic heterocycles. The summed E-state index contributed by atoms with van der Waals surface area (Å²) >= 11 is 0. The molecule has 0 aromatic rings. The average molecular weight is 325 g/mol. The number of ether oxygens (including phenoxy) is 2. The Hall–Kier alpha value is -1.26. The van der Waals surface area contributed by atoms with Crippen LogP contribution in [0.4, 0.5) is 4.79 Å². The average Bonchev–Trinajstić information content (AvgIpc) is 2.97. The lowest BCUT2D eigenvalue weighted by atomic mass is 9.89. The van der Waals surface area contributed by atoms with Crippen molar-refractivity contribution in [2.75, 3.05) is 6.54 Å². The number of carbonyl (C=O) groups is 2. The first-order chi connectivity index (χ1) is 10.8. The van der Waals surface area contributed by atoms with Gasteiger partial charge in [-0.2, -0.15) is 0 Å². The second-order valence-electron chi connectivity index (χ2n) is 7.83. The monoisotopic (exact) mass is 325 g/mol. The smallest absolute Gasteiger partial charge is 0.411 e. The predicted octanol–water partition coefficient (Wildman–Crippen LogP) is 3.90. The van der Waals surface area contributed by atoms with Gasteiger partial charge in [-0.1, -0.05) is 13.3 Å². The Labute approximate surface area is 139 Å². The van der Waals surface area contributed by atoms with E-state index >= 15 is 0 Å². The SMILES string of the molecule is CCC1CCN(C(=O)OC(C)(C)C)[C@@H](C(=O)OC2CCCC2)C1. The summed E-state index contributed by atoms with van der Waals surface area (Å²) in [6.07, 6.45) is 6.39. The number of piperidine rings is 1. The van der Waals surface area contributed by atoms with Crippen LogP contribution in [0.2, 0.25) is 0 Å². The van der Waals surface area contributed by atoms with Crippen molar-refractivity contribution in [3.63, 3.8) is 0 Å². The van der Waals surface area contributed by atoms with Gasteiger partial charge in [-0.05, 0) is 65.2 Å². The molecule has 132 valence electrons. The van der Waals surface area contributed by atoms with Crippen molar-refractivity contribution in [3.05, 3.63) is 0 Å². The van der Waals surface area contributed by atoms with Gasteiger partial charge in [0, 0.05) is 6.54 Å². The molecule has 1 aliphatic heterocycles. The van der Waals surface area contributed by atoms with Crippen LogP contribution in [-0.4, -0.2) is 41.3 Å². The largest absolute Gasteiger partial charge is 0.461 e. The first-order valence-corrected chi connectivity index (χ1v) is 9.00. The Kier molecular flexibility index (Phi) is 5.93. The highest BCUT2D eigenvalue weighted by Gasteiger charge is 2.39. The van der Waals surface area contributed by atoms with E-state index in [9.17, 15) is 9.59 Å². The van der Waals surface area contributed by atoms with E-state index in [-0.39, 0.29) is 12.1 Å². The number of hydrogen-bond acceptors (Lipinski definition) is 4. The van der Waals surface area contributed by atoms with Crippen LogP contribution in [0, 0.1) is 5.92 Å². The maximum atomic E-state index is 12.6. The van der Waals surface area contributed by atoms with Crippen LogP contribution < -0.4 is 0 Å². The molecule has 0 radical (unpaired) electrons. The lowest BCUT2D eigenvalue weighted by Gasteiger charge is -2.38. The summed E-state index contributed by atoms with van der Waals surface area (Å²) in [4.78, 5) is 26.7. The van der Waals surface area contributed by atoms with E-state index < -0.39 is 17.7 Å². The molecule has 1 unspecified atom stereocenters. The molecule has 0 N–H and O–H groups in total. The third-order valence-corrected chi connectivity index (χ3v) is 4.77. The number of amides is 1. The van der Waals surface area contributed by atoms with Crippen molar-refractivity contribution in [2.24, 2.45) is 5.92 Å². The van der Waals surface area contributed by atoms with E-state index in [0.717, 1.165) is 38.5 Å². The zero-order valence-corrected chi connectivity index (χ0v) is 15.0. The summed E-state index contributed by atoms with van der Waals surface area (Å²) < 4.78 is 11.1. The highest BCUT2D eigenvalue weighted by Crippen LogP contribution is 2.29. The first kappa shape index (κ1) is 18.1. The molecule has 2 aliphatic rings. The standard InChI is InChI=1S/C18H31NO4/c1-5-13-10-11-19(17(21)23-18(2,3)4)15(12-13)16(20)22-14-8-6-7-9-14/h13-15H,5-12H2,1-4H3/t13?,15-/m1/s1. The molecule has 2 rings (SSSR count). The molecule has 0 aromatic carbocycles.